The molecule has 3 heteroatoms. The second-order valence-corrected chi connectivity index (χ2v) is 5.95. The van der Waals surface area contributed by atoms with E-state index in [1.165, 1.54) is 37.1 Å². The first-order valence-corrected chi connectivity index (χ1v) is 7.27. The molecule has 19 heavy (non-hydrogen) atoms. The van der Waals surface area contributed by atoms with Gasteiger partial charge in [0.1, 0.15) is 5.75 Å². The van der Waals surface area contributed by atoms with Gasteiger partial charge in [0.25, 0.3) is 0 Å². The summed E-state index contributed by atoms with van der Waals surface area (Å²) in [5.41, 5.74) is 2.63. The quantitative estimate of drug-likeness (QED) is 0.896. The predicted molar refractivity (Wildman–Crippen MR) is 81.2 cm³/mol. The van der Waals surface area contributed by atoms with Crippen LogP contribution in [0, 0.1) is 5.92 Å². The second-order valence-electron chi connectivity index (χ2n) is 5.95. The average Bonchev–Trinajstić information content (AvgIpc) is 2.68. The molecule has 0 spiro atoms. The van der Waals surface area contributed by atoms with Gasteiger partial charge in [0.15, 0.2) is 0 Å². The standard InChI is InChI=1S/C16H23NO.ClH/c1-3-9-17-10-11(2)16-13-5-4-6-15(18)12(13)7-8-14(16)17;/h4-6,11,14,16,18H,3,7-10H2,1-2H3;1H. The summed E-state index contributed by atoms with van der Waals surface area (Å²) in [4.78, 5) is 2.67. The van der Waals surface area contributed by atoms with Crippen LogP contribution in [0.3, 0.4) is 0 Å². The molecule has 3 atom stereocenters. The molecule has 2 aliphatic rings. The maximum Gasteiger partial charge on any atom is 0.119 e. The lowest BCUT2D eigenvalue weighted by Gasteiger charge is -2.34. The van der Waals surface area contributed by atoms with Crippen LogP contribution in [0.5, 0.6) is 5.75 Å². The first-order chi connectivity index (χ1) is 8.72. The Hall–Kier alpha value is -0.730. The topological polar surface area (TPSA) is 23.5 Å². The number of fused-ring (bicyclic) bond motifs is 3. The Morgan fingerprint density at radius 2 is 2.16 bits per heavy atom. The van der Waals surface area contributed by atoms with Gasteiger partial charge in [-0.3, -0.25) is 4.90 Å². The molecular formula is C16H24ClNO. The zero-order valence-corrected chi connectivity index (χ0v) is 12.6. The molecule has 0 aromatic heterocycles. The molecule has 1 heterocycles. The number of likely N-dealkylation sites (tertiary alicyclic amines) is 1. The molecule has 1 N–H and O–H groups in total. The van der Waals surface area contributed by atoms with Crippen LogP contribution >= 0.6 is 12.4 Å². The molecule has 1 saturated heterocycles. The summed E-state index contributed by atoms with van der Waals surface area (Å²) in [6.07, 6.45) is 3.48. The van der Waals surface area contributed by atoms with E-state index < -0.39 is 0 Å². The number of rotatable bonds is 2. The summed E-state index contributed by atoms with van der Waals surface area (Å²) in [5, 5.41) is 10.0. The third kappa shape index (κ3) is 2.36. The minimum atomic E-state index is 0. The van der Waals surface area contributed by atoms with E-state index in [4.69, 9.17) is 0 Å². The van der Waals surface area contributed by atoms with Gasteiger partial charge in [0.05, 0.1) is 0 Å². The number of phenolic OH excluding ortho intramolecular Hbond substituents is 1. The van der Waals surface area contributed by atoms with Gasteiger partial charge in [-0.05, 0) is 48.9 Å². The number of hydrogen-bond acceptors (Lipinski definition) is 2. The van der Waals surface area contributed by atoms with Crippen molar-refractivity contribution in [1.82, 2.24) is 4.90 Å². The van der Waals surface area contributed by atoms with Gasteiger partial charge in [0, 0.05) is 18.5 Å². The molecule has 1 aromatic carbocycles. The van der Waals surface area contributed by atoms with Crippen molar-refractivity contribution in [2.75, 3.05) is 13.1 Å². The van der Waals surface area contributed by atoms with Crippen LogP contribution in [0.25, 0.3) is 0 Å². The monoisotopic (exact) mass is 281 g/mol. The molecule has 1 fully saturated rings. The van der Waals surface area contributed by atoms with Crippen LogP contribution in [0.2, 0.25) is 0 Å². The van der Waals surface area contributed by atoms with Gasteiger partial charge in [-0.25, -0.2) is 0 Å². The van der Waals surface area contributed by atoms with Gasteiger partial charge in [-0.1, -0.05) is 26.0 Å². The molecule has 1 aliphatic heterocycles. The van der Waals surface area contributed by atoms with Crippen LogP contribution < -0.4 is 0 Å². The van der Waals surface area contributed by atoms with Crippen molar-refractivity contribution in [2.24, 2.45) is 5.92 Å². The molecule has 0 bridgehead atoms. The Labute approximate surface area is 122 Å². The molecule has 1 aromatic rings. The predicted octanol–water partition coefficient (Wildman–Crippen LogP) is 3.57. The zero-order chi connectivity index (χ0) is 12.7. The van der Waals surface area contributed by atoms with Gasteiger partial charge in [0.2, 0.25) is 0 Å². The van der Waals surface area contributed by atoms with Crippen molar-refractivity contribution in [2.45, 2.75) is 45.1 Å². The third-order valence-corrected chi connectivity index (χ3v) is 4.77. The highest BCUT2D eigenvalue weighted by Gasteiger charge is 2.42. The number of phenols is 1. The van der Waals surface area contributed by atoms with Crippen molar-refractivity contribution in [3.05, 3.63) is 29.3 Å². The van der Waals surface area contributed by atoms with E-state index in [0.717, 1.165) is 6.42 Å². The largest absolute Gasteiger partial charge is 0.508 e. The molecule has 106 valence electrons. The molecule has 1 aliphatic carbocycles. The maximum absolute atomic E-state index is 10.0. The lowest BCUT2D eigenvalue weighted by atomic mass is 9.75. The lowest BCUT2D eigenvalue weighted by molar-refractivity contribution is 0.226. The van der Waals surface area contributed by atoms with Crippen LogP contribution in [0.1, 0.15) is 43.7 Å². The van der Waals surface area contributed by atoms with Gasteiger partial charge in [-0.15, -0.1) is 12.4 Å². The van der Waals surface area contributed by atoms with Gasteiger partial charge >= 0.3 is 0 Å². The fourth-order valence-electron chi connectivity index (χ4n) is 4.11. The Balaban J connectivity index is 0.00000133. The third-order valence-electron chi connectivity index (χ3n) is 4.77. The summed E-state index contributed by atoms with van der Waals surface area (Å²) < 4.78 is 0. The Kier molecular flexibility index (Phi) is 4.42. The molecule has 0 radical (unpaired) electrons. The Morgan fingerprint density at radius 1 is 1.37 bits per heavy atom. The molecule has 0 amide bonds. The van der Waals surface area contributed by atoms with E-state index in [-0.39, 0.29) is 12.4 Å². The molecule has 3 unspecified atom stereocenters. The number of halogens is 1. The highest BCUT2D eigenvalue weighted by molar-refractivity contribution is 5.85. The van der Waals surface area contributed by atoms with Crippen LogP contribution in [0.15, 0.2) is 18.2 Å². The summed E-state index contributed by atoms with van der Waals surface area (Å²) in [6, 6.07) is 6.78. The fourth-order valence-corrected chi connectivity index (χ4v) is 4.11. The minimum Gasteiger partial charge on any atom is -0.508 e. The van der Waals surface area contributed by atoms with E-state index in [2.05, 4.69) is 24.8 Å². The summed E-state index contributed by atoms with van der Waals surface area (Å²) in [5.74, 6) is 1.85. The maximum atomic E-state index is 10.0. The van der Waals surface area contributed by atoms with E-state index >= 15 is 0 Å². The molecule has 2 nitrogen and oxygen atoms in total. The van der Waals surface area contributed by atoms with Gasteiger partial charge < -0.3 is 5.11 Å². The van der Waals surface area contributed by atoms with E-state index in [1.54, 1.807) is 0 Å². The fraction of sp³-hybridized carbons (Fsp3) is 0.625. The number of nitrogens with zero attached hydrogens (tertiary/aromatic N) is 1. The Morgan fingerprint density at radius 3 is 2.89 bits per heavy atom. The Bertz CT molecular complexity index is 448. The van der Waals surface area contributed by atoms with Crippen molar-refractivity contribution >= 4 is 12.4 Å². The van der Waals surface area contributed by atoms with E-state index in [9.17, 15) is 5.11 Å². The molecule has 0 saturated carbocycles. The smallest absolute Gasteiger partial charge is 0.119 e. The molecular weight excluding hydrogens is 258 g/mol. The molecule has 3 rings (SSSR count). The highest BCUT2D eigenvalue weighted by Crippen LogP contribution is 2.46. The summed E-state index contributed by atoms with van der Waals surface area (Å²) in [6.45, 7) is 7.07. The van der Waals surface area contributed by atoms with Crippen LogP contribution in [-0.4, -0.2) is 29.1 Å². The first-order valence-electron chi connectivity index (χ1n) is 7.27. The second kappa shape index (κ2) is 5.72. The average molecular weight is 282 g/mol. The number of aromatic hydroxyl groups is 1. The lowest BCUT2D eigenvalue weighted by Crippen LogP contribution is -2.35. The normalized spacial score (nSPS) is 29.5. The SMILES string of the molecule is CCCN1CC(C)C2c3cccc(O)c3CCC21.Cl. The van der Waals surface area contributed by atoms with Crippen molar-refractivity contribution in [3.8, 4) is 5.75 Å². The van der Waals surface area contributed by atoms with Crippen LogP contribution in [-0.2, 0) is 6.42 Å². The summed E-state index contributed by atoms with van der Waals surface area (Å²) in [7, 11) is 0. The minimum absolute atomic E-state index is 0. The first kappa shape index (κ1) is 14.7. The van der Waals surface area contributed by atoms with E-state index in [1.807, 2.05) is 12.1 Å². The van der Waals surface area contributed by atoms with E-state index in [0.29, 0.717) is 23.6 Å². The van der Waals surface area contributed by atoms with Crippen molar-refractivity contribution < 1.29 is 5.11 Å². The van der Waals surface area contributed by atoms with Crippen LogP contribution in [0.4, 0.5) is 0 Å². The zero-order valence-electron chi connectivity index (χ0n) is 11.8. The highest BCUT2D eigenvalue weighted by atomic mass is 35.5. The van der Waals surface area contributed by atoms with Gasteiger partial charge in [-0.2, -0.15) is 0 Å². The number of benzene rings is 1. The van der Waals surface area contributed by atoms with Crippen molar-refractivity contribution in [1.29, 1.82) is 0 Å². The number of hydrogen-bond donors (Lipinski definition) is 1. The summed E-state index contributed by atoms with van der Waals surface area (Å²) >= 11 is 0. The van der Waals surface area contributed by atoms with Crippen molar-refractivity contribution in [3.63, 3.8) is 0 Å².